The minimum Gasteiger partial charge on any atom is -0.481 e. The summed E-state index contributed by atoms with van der Waals surface area (Å²) in [5.41, 5.74) is 0.355. The second-order valence-electron chi connectivity index (χ2n) is 3.59. The predicted molar refractivity (Wildman–Crippen MR) is 70.9 cm³/mol. The third kappa shape index (κ3) is 5.71. The minimum atomic E-state index is -3.36. The average Bonchev–Trinajstić information content (AvgIpc) is 2.27. The number of aliphatic carboxylic acids is 1. The van der Waals surface area contributed by atoms with Crippen molar-refractivity contribution in [2.75, 3.05) is 23.1 Å². The van der Waals surface area contributed by atoms with Crippen LogP contribution in [0.2, 0.25) is 0 Å². The van der Waals surface area contributed by atoms with E-state index in [1.807, 2.05) is 0 Å². The molecule has 0 aromatic carbocycles. The van der Waals surface area contributed by atoms with Gasteiger partial charge in [-0.25, -0.2) is 13.4 Å². The summed E-state index contributed by atoms with van der Waals surface area (Å²) in [6, 6.07) is 2.71. The molecule has 1 heterocycles. The smallest absolute Gasteiger partial charge is 0.313 e. The number of amides is 1. The van der Waals surface area contributed by atoms with Crippen molar-refractivity contribution in [3.63, 3.8) is 0 Å². The molecule has 0 aliphatic rings. The lowest BCUT2D eigenvalue weighted by molar-refractivity contribution is -0.133. The van der Waals surface area contributed by atoms with E-state index in [0.717, 1.165) is 18.0 Å². The van der Waals surface area contributed by atoms with Crippen LogP contribution in [0.25, 0.3) is 0 Å². The highest BCUT2D eigenvalue weighted by Crippen LogP contribution is 2.11. The summed E-state index contributed by atoms with van der Waals surface area (Å²) in [5.74, 6) is -1.52. The Kier molecular flexibility index (Phi) is 5.31. The number of sulfone groups is 1. The monoisotopic (exact) mass is 304 g/mol. The first kappa shape index (κ1) is 15.4. The highest BCUT2D eigenvalue weighted by atomic mass is 32.2. The van der Waals surface area contributed by atoms with E-state index >= 15 is 0 Å². The number of anilines is 1. The first-order valence-electron chi connectivity index (χ1n) is 5.04. The number of hydrogen-bond donors (Lipinski definition) is 2. The summed E-state index contributed by atoms with van der Waals surface area (Å²) < 4.78 is 22.3. The number of carbonyl (C=O) groups is 2. The Labute approximate surface area is 114 Å². The second kappa shape index (κ2) is 6.53. The minimum absolute atomic E-state index is 0.000127. The molecule has 2 N–H and O–H groups in total. The lowest BCUT2D eigenvalue weighted by Gasteiger charge is -2.04. The third-order valence-corrected chi connectivity index (χ3v) is 3.78. The maximum Gasteiger partial charge on any atom is 0.313 e. The number of carboxylic acid groups (broad SMARTS) is 1. The summed E-state index contributed by atoms with van der Waals surface area (Å²) in [5, 5.41) is 10.8. The standard InChI is InChI=1S/C10H12N2O5S2/c1-19(16,17)9-3-2-7(4-11-9)12-8(13)5-18-6-10(14)15/h2-4H,5-6H2,1H3,(H,12,13)(H,14,15). The number of pyridine rings is 1. The van der Waals surface area contributed by atoms with E-state index in [1.54, 1.807) is 0 Å². The van der Waals surface area contributed by atoms with E-state index in [0.29, 0.717) is 5.69 Å². The van der Waals surface area contributed by atoms with E-state index in [9.17, 15) is 18.0 Å². The van der Waals surface area contributed by atoms with Gasteiger partial charge in [-0.2, -0.15) is 0 Å². The molecular formula is C10H12N2O5S2. The second-order valence-corrected chi connectivity index (χ2v) is 6.54. The van der Waals surface area contributed by atoms with Gasteiger partial charge in [-0.05, 0) is 12.1 Å². The molecule has 1 aromatic heterocycles. The number of aromatic nitrogens is 1. The Morgan fingerprint density at radius 2 is 2.05 bits per heavy atom. The largest absolute Gasteiger partial charge is 0.481 e. The molecule has 0 unspecified atom stereocenters. The van der Waals surface area contributed by atoms with Gasteiger partial charge in [0, 0.05) is 6.26 Å². The molecule has 0 aliphatic carbocycles. The Bertz CT molecular complexity index is 568. The molecule has 19 heavy (non-hydrogen) atoms. The van der Waals surface area contributed by atoms with Gasteiger partial charge in [0.05, 0.1) is 23.4 Å². The summed E-state index contributed by atoms with van der Waals surface area (Å²) in [7, 11) is -3.36. The Morgan fingerprint density at radius 1 is 1.37 bits per heavy atom. The fraction of sp³-hybridized carbons (Fsp3) is 0.300. The molecule has 0 atom stereocenters. The van der Waals surface area contributed by atoms with Crippen molar-refractivity contribution in [1.29, 1.82) is 0 Å². The topological polar surface area (TPSA) is 113 Å². The van der Waals surface area contributed by atoms with E-state index in [-0.39, 0.29) is 22.4 Å². The van der Waals surface area contributed by atoms with Crippen molar-refractivity contribution in [2.24, 2.45) is 0 Å². The van der Waals surface area contributed by atoms with Crippen LogP contribution in [0, 0.1) is 0 Å². The zero-order chi connectivity index (χ0) is 14.5. The molecule has 0 spiro atoms. The number of thioether (sulfide) groups is 1. The van der Waals surface area contributed by atoms with Crippen LogP contribution >= 0.6 is 11.8 Å². The average molecular weight is 304 g/mol. The van der Waals surface area contributed by atoms with Crippen molar-refractivity contribution in [1.82, 2.24) is 4.98 Å². The molecule has 1 amide bonds. The van der Waals surface area contributed by atoms with Gasteiger partial charge in [-0.15, -0.1) is 11.8 Å². The maximum absolute atomic E-state index is 11.4. The number of hydrogen-bond acceptors (Lipinski definition) is 6. The molecule has 0 saturated carbocycles. The Hall–Kier alpha value is -1.61. The molecule has 0 bridgehead atoms. The SMILES string of the molecule is CS(=O)(=O)c1ccc(NC(=O)CSCC(=O)O)cn1. The number of carboxylic acids is 1. The molecule has 9 heteroatoms. The quantitative estimate of drug-likeness (QED) is 0.774. The zero-order valence-corrected chi connectivity index (χ0v) is 11.6. The number of nitrogens with zero attached hydrogens (tertiary/aromatic N) is 1. The Morgan fingerprint density at radius 3 is 2.53 bits per heavy atom. The fourth-order valence-corrected chi connectivity index (χ4v) is 2.20. The highest BCUT2D eigenvalue weighted by Gasteiger charge is 2.09. The van der Waals surface area contributed by atoms with Crippen LogP contribution in [0.5, 0.6) is 0 Å². The van der Waals surface area contributed by atoms with Crippen LogP contribution in [0.3, 0.4) is 0 Å². The molecule has 0 saturated heterocycles. The molecule has 1 rings (SSSR count). The third-order valence-electron chi connectivity index (χ3n) is 1.86. The highest BCUT2D eigenvalue weighted by molar-refractivity contribution is 8.00. The lowest BCUT2D eigenvalue weighted by Crippen LogP contribution is -2.15. The van der Waals surface area contributed by atoms with E-state index < -0.39 is 15.8 Å². The van der Waals surface area contributed by atoms with Gasteiger partial charge in [0.15, 0.2) is 14.9 Å². The number of nitrogens with one attached hydrogen (secondary N) is 1. The first-order valence-corrected chi connectivity index (χ1v) is 8.09. The fourth-order valence-electron chi connectivity index (χ4n) is 1.10. The van der Waals surface area contributed by atoms with Crippen LogP contribution in [0.1, 0.15) is 0 Å². The van der Waals surface area contributed by atoms with Gasteiger partial charge in [-0.1, -0.05) is 0 Å². The van der Waals surface area contributed by atoms with Crippen LogP contribution in [-0.4, -0.2) is 48.1 Å². The summed E-state index contributed by atoms with van der Waals surface area (Å²) in [4.78, 5) is 25.4. The summed E-state index contributed by atoms with van der Waals surface area (Å²) >= 11 is 0.968. The van der Waals surface area contributed by atoms with Gasteiger partial charge in [0.2, 0.25) is 5.91 Å². The Balaban J connectivity index is 2.54. The molecule has 1 aromatic rings. The van der Waals surface area contributed by atoms with Crippen LogP contribution < -0.4 is 5.32 Å². The molecule has 0 fully saturated rings. The maximum atomic E-state index is 11.4. The van der Waals surface area contributed by atoms with E-state index in [2.05, 4.69) is 10.3 Å². The van der Waals surface area contributed by atoms with Gasteiger partial charge < -0.3 is 10.4 Å². The first-order chi connectivity index (χ1) is 8.79. The predicted octanol–water partition coefficient (Wildman–Crippen LogP) is 0.241. The van der Waals surface area contributed by atoms with Gasteiger partial charge >= 0.3 is 5.97 Å². The molecular weight excluding hydrogens is 292 g/mol. The van der Waals surface area contributed by atoms with E-state index in [1.165, 1.54) is 18.3 Å². The lowest BCUT2D eigenvalue weighted by atomic mass is 10.4. The zero-order valence-electron chi connectivity index (χ0n) is 9.99. The summed E-state index contributed by atoms with van der Waals surface area (Å²) in [6.45, 7) is 0. The molecule has 104 valence electrons. The van der Waals surface area contributed by atoms with Crippen LogP contribution in [0.4, 0.5) is 5.69 Å². The normalized spacial score (nSPS) is 11.0. The van der Waals surface area contributed by atoms with Gasteiger partial charge in [0.25, 0.3) is 0 Å². The number of rotatable bonds is 6. The molecule has 0 aliphatic heterocycles. The van der Waals surface area contributed by atoms with E-state index in [4.69, 9.17) is 5.11 Å². The van der Waals surface area contributed by atoms with Gasteiger partial charge in [-0.3, -0.25) is 9.59 Å². The van der Waals surface area contributed by atoms with Crippen LogP contribution in [0.15, 0.2) is 23.4 Å². The van der Waals surface area contributed by atoms with Crippen molar-refractivity contribution in [3.05, 3.63) is 18.3 Å². The van der Waals surface area contributed by atoms with Crippen molar-refractivity contribution in [2.45, 2.75) is 5.03 Å². The van der Waals surface area contributed by atoms with Crippen molar-refractivity contribution < 1.29 is 23.1 Å². The van der Waals surface area contributed by atoms with Crippen molar-refractivity contribution >= 4 is 39.2 Å². The van der Waals surface area contributed by atoms with Crippen molar-refractivity contribution in [3.8, 4) is 0 Å². The summed E-state index contributed by atoms with van der Waals surface area (Å²) in [6.07, 6.45) is 2.27. The van der Waals surface area contributed by atoms with Gasteiger partial charge in [0.1, 0.15) is 0 Å². The molecule has 7 nitrogen and oxygen atoms in total. The van der Waals surface area contributed by atoms with Crippen LogP contribution in [-0.2, 0) is 19.4 Å². The number of carbonyl (C=O) groups excluding carboxylic acids is 1. The molecule has 0 radical (unpaired) electrons.